The van der Waals surface area contributed by atoms with Crippen molar-refractivity contribution in [2.45, 2.75) is 30.1 Å². The van der Waals surface area contributed by atoms with Crippen molar-refractivity contribution >= 4 is 10.1 Å². The highest BCUT2D eigenvalue weighted by atomic mass is 32.2. The van der Waals surface area contributed by atoms with Gasteiger partial charge in [0.1, 0.15) is 10.6 Å². The molecule has 1 heterocycles. The first kappa shape index (κ1) is 14.3. The second-order valence-corrected chi connectivity index (χ2v) is 6.40. The third-order valence-electron chi connectivity index (χ3n) is 3.73. The van der Waals surface area contributed by atoms with Crippen LogP contribution in [0.25, 0.3) is 0 Å². The van der Waals surface area contributed by atoms with E-state index in [0.717, 1.165) is 18.4 Å². The van der Waals surface area contributed by atoms with Gasteiger partial charge in [-0.2, -0.15) is 8.42 Å². The van der Waals surface area contributed by atoms with E-state index in [9.17, 15) is 13.0 Å². The van der Waals surface area contributed by atoms with Gasteiger partial charge in [0.2, 0.25) is 0 Å². The molecule has 1 aromatic rings. The van der Waals surface area contributed by atoms with Crippen molar-refractivity contribution < 1.29 is 22.4 Å². The number of methoxy groups -OCH3 is 1. The standard InChI is InChI=1S/C13H18O5S/c1-13(5-7-18-8-6-13)10-3-4-11(17-2)12(9-10)19(14,15)16/h3-4,9H,5-8H2,1-2H3,(H,14,15,16). The Morgan fingerprint density at radius 1 is 1.32 bits per heavy atom. The maximum atomic E-state index is 11.4. The van der Waals surface area contributed by atoms with Crippen molar-refractivity contribution in [2.24, 2.45) is 0 Å². The molecule has 0 aliphatic carbocycles. The van der Waals surface area contributed by atoms with E-state index in [1.165, 1.54) is 13.2 Å². The molecule has 0 aromatic heterocycles. The van der Waals surface area contributed by atoms with E-state index in [1.807, 2.05) is 6.07 Å². The Bertz CT molecular complexity index is 558. The summed E-state index contributed by atoms with van der Waals surface area (Å²) in [5.74, 6) is 0.155. The molecular formula is C13H18O5S. The molecule has 1 fully saturated rings. The Labute approximate surface area is 113 Å². The van der Waals surface area contributed by atoms with E-state index in [2.05, 4.69) is 6.92 Å². The number of hydrogen-bond donors (Lipinski definition) is 1. The van der Waals surface area contributed by atoms with Crippen molar-refractivity contribution in [1.29, 1.82) is 0 Å². The van der Waals surface area contributed by atoms with E-state index < -0.39 is 10.1 Å². The van der Waals surface area contributed by atoms with Gasteiger partial charge in [0.15, 0.2) is 0 Å². The van der Waals surface area contributed by atoms with Gasteiger partial charge in [-0.3, -0.25) is 4.55 Å². The maximum absolute atomic E-state index is 11.4. The summed E-state index contributed by atoms with van der Waals surface area (Å²) in [7, 11) is -2.91. The van der Waals surface area contributed by atoms with E-state index in [1.54, 1.807) is 6.07 Å². The number of rotatable bonds is 3. The van der Waals surface area contributed by atoms with Crippen LogP contribution < -0.4 is 4.74 Å². The average Bonchev–Trinajstić information content (AvgIpc) is 2.38. The van der Waals surface area contributed by atoms with Crippen molar-refractivity contribution in [3.63, 3.8) is 0 Å². The summed E-state index contributed by atoms with van der Waals surface area (Å²) in [5, 5.41) is 0. The molecule has 1 N–H and O–H groups in total. The highest BCUT2D eigenvalue weighted by Gasteiger charge is 2.31. The third-order valence-corrected chi connectivity index (χ3v) is 4.61. The minimum Gasteiger partial charge on any atom is -0.495 e. The number of benzene rings is 1. The fourth-order valence-corrected chi connectivity index (χ4v) is 3.05. The first-order valence-corrected chi connectivity index (χ1v) is 7.54. The molecule has 0 spiro atoms. The van der Waals surface area contributed by atoms with Gasteiger partial charge in [-0.15, -0.1) is 0 Å². The number of hydrogen-bond acceptors (Lipinski definition) is 4. The fraction of sp³-hybridized carbons (Fsp3) is 0.538. The van der Waals surface area contributed by atoms with Crippen molar-refractivity contribution in [1.82, 2.24) is 0 Å². The van der Waals surface area contributed by atoms with Crippen LogP contribution in [0.3, 0.4) is 0 Å². The van der Waals surface area contributed by atoms with Gasteiger partial charge in [-0.1, -0.05) is 13.0 Å². The average molecular weight is 286 g/mol. The molecule has 2 rings (SSSR count). The summed E-state index contributed by atoms with van der Waals surface area (Å²) >= 11 is 0. The zero-order chi connectivity index (χ0) is 14.1. The lowest BCUT2D eigenvalue weighted by molar-refractivity contribution is 0.0563. The van der Waals surface area contributed by atoms with Crippen LogP contribution in [0, 0.1) is 0 Å². The molecule has 0 atom stereocenters. The fourth-order valence-electron chi connectivity index (χ4n) is 2.36. The Kier molecular flexibility index (Phi) is 3.85. The molecular weight excluding hydrogens is 268 g/mol. The molecule has 0 bridgehead atoms. The van der Waals surface area contributed by atoms with Crippen LogP contribution in [0.1, 0.15) is 25.3 Å². The summed E-state index contributed by atoms with van der Waals surface area (Å²) < 4.78 is 42.4. The first-order chi connectivity index (χ1) is 8.87. The van der Waals surface area contributed by atoms with Gasteiger partial charge in [-0.25, -0.2) is 0 Å². The Balaban J connectivity index is 2.49. The summed E-state index contributed by atoms with van der Waals surface area (Å²) in [6, 6.07) is 4.93. The third kappa shape index (κ3) is 2.91. The zero-order valence-corrected chi connectivity index (χ0v) is 11.9. The summed E-state index contributed by atoms with van der Waals surface area (Å²) in [5.41, 5.74) is 0.744. The van der Waals surface area contributed by atoms with Crippen LogP contribution in [-0.2, 0) is 20.3 Å². The molecule has 0 radical (unpaired) electrons. The molecule has 1 aliphatic heterocycles. The molecule has 0 amide bonds. The smallest absolute Gasteiger partial charge is 0.298 e. The Hall–Kier alpha value is -1.11. The van der Waals surface area contributed by atoms with Crippen molar-refractivity contribution in [3.05, 3.63) is 23.8 Å². The molecule has 1 aromatic carbocycles. The Morgan fingerprint density at radius 2 is 1.95 bits per heavy atom. The summed E-state index contributed by atoms with van der Waals surface area (Å²) in [6.07, 6.45) is 1.65. The molecule has 1 aliphatic rings. The minimum atomic E-state index is -4.29. The first-order valence-electron chi connectivity index (χ1n) is 6.10. The summed E-state index contributed by atoms with van der Waals surface area (Å²) in [4.78, 5) is -0.180. The topological polar surface area (TPSA) is 72.8 Å². The Morgan fingerprint density at radius 3 is 2.47 bits per heavy atom. The predicted molar refractivity (Wildman–Crippen MR) is 70.2 cm³/mol. The molecule has 6 heteroatoms. The van der Waals surface area contributed by atoms with Gasteiger partial charge in [0, 0.05) is 13.2 Å². The van der Waals surface area contributed by atoms with E-state index in [0.29, 0.717) is 13.2 Å². The highest BCUT2D eigenvalue weighted by Crippen LogP contribution is 2.37. The monoisotopic (exact) mass is 286 g/mol. The SMILES string of the molecule is COc1ccc(C2(C)CCOCC2)cc1S(=O)(=O)O. The lowest BCUT2D eigenvalue weighted by Crippen LogP contribution is -2.30. The molecule has 5 nitrogen and oxygen atoms in total. The molecule has 106 valence electrons. The molecule has 19 heavy (non-hydrogen) atoms. The lowest BCUT2D eigenvalue weighted by Gasteiger charge is -2.34. The van der Waals surface area contributed by atoms with Crippen LogP contribution in [0.4, 0.5) is 0 Å². The van der Waals surface area contributed by atoms with Gasteiger partial charge in [0.05, 0.1) is 7.11 Å². The maximum Gasteiger partial charge on any atom is 0.298 e. The highest BCUT2D eigenvalue weighted by molar-refractivity contribution is 7.86. The van der Waals surface area contributed by atoms with E-state index in [-0.39, 0.29) is 16.1 Å². The van der Waals surface area contributed by atoms with Crippen LogP contribution in [0.2, 0.25) is 0 Å². The number of ether oxygens (including phenoxy) is 2. The normalized spacial score (nSPS) is 19.1. The van der Waals surface area contributed by atoms with Gasteiger partial charge in [0.25, 0.3) is 10.1 Å². The zero-order valence-electron chi connectivity index (χ0n) is 11.0. The van der Waals surface area contributed by atoms with Gasteiger partial charge < -0.3 is 9.47 Å². The second kappa shape index (κ2) is 5.11. The molecule has 1 saturated heterocycles. The molecule has 0 saturated carbocycles. The van der Waals surface area contributed by atoms with E-state index in [4.69, 9.17) is 9.47 Å². The minimum absolute atomic E-state index is 0.135. The van der Waals surface area contributed by atoms with Crippen LogP contribution in [-0.4, -0.2) is 33.3 Å². The van der Waals surface area contributed by atoms with Crippen LogP contribution in [0.5, 0.6) is 5.75 Å². The van der Waals surface area contributed by atoms with Gasteiger partial charge >= 0.3 is 0 Å². The van der Waals surface area contributed by atoms with Crippen LogP contribution in [0.15, 0.2) is 23.1 Å². The summed E-state index contributed by atoms with van der Waals surface area (Å²) in [6.45, 7) is 3.39. The largest absolute Gasteiger partial charge is 0.495 e. The van der Waals surface area contributed by atoms with E-state index >= 15 is 0 Å². The van der Waals surface area contributed by atoms with Crippen molar-refractivity contribution in [2.75, 3.05) is 20.3 Å². The predicted octanol–water partition coefficient (Wildman–Crippen LogP) is 2.01. The molecule has 0 unspecified atom stereocenters. The lowest BCUT2D eigenvalue weighted by atomic mass is 9.76. The quantitative estimate of drug-likeness (QED) is 0.860. The van der Waals surface area contributed by atoms with Crippen LogP contribution >= 0.6 is 0 Å². The second-order valence-electron chi connectivity index (χ2n) is 5.01. The van der Waals surface area contributed by atoms with Gasteiger partial charge in [-0.05, 0) is 36.0 Å². The van der Waals surface area contributed by atoms with Crippen molar-refractivity contribution in [3.8, 4) is 5.75 Å².